The average Bonchev–Trinajstić information content (AvgIpc) is 3.18. The van der Waals surface area contributed by atoms with Crippen LogP contribution in [-0.4, -0.2) is 28.9 Å². The average molecular weight is 304 g/mol. The molecule has 1 aromatic heterocycles. The van der Waals surface area contributed by atoms with Crippen molar-refractivity contribution < 1.29 is 4.79 Å². The molecule has 1 saturated heterocycles. The van der Waals surface area contributed by atoms with Crippen LogP contribution in [0.2, 0.25) is 0 Å². The standard InChI is InChI=1S/C17H24N2OS/c1-2-15-12-21-17(18-15)14-8-5-9-19(11-14)16(20)10-13-6-3-4-7-13/h3,6,12-14H,2,4-5,7-11H2,1H3. The van der Waals surface area contributed by atoms with Gasteiger partial charge in [0.25, 0.3) is 0 Å². The molecule has 2 heterocycles. The summed E-state index contributed by atoms with van der Waals surface area (Å²) in [6.07, 6.45) is 10.7. The lowest BCUT2D eigenvalue weighted by Gasteiger charge is -2.32. The summed E-state index contributed by atoms with van der Waals surface area (Å²) in [7, 11) is 0. The van der Waals surface area contributed by atoms with E-state index in [-0.39, 0.29) is 0 Å². The fourth-order valence-electron chi connectivity index (χ4n) is 3.30. The highest BCUT2D eigenvalue weighted by Crippen LogP contribution is 2.30. The molecule has 1 aliphatic heterocycles. The highest BCUT2D eigenvalue weighted by molar-refractivity contribution is 7.09. The van der Waals surface area contributed by atoms with Gasteiger partial charge in [-0.15, -0.1) is 11.3 Å². The number of carbonyl (C=O) groups excluding carboxylic acids is 1. The number of hydrogen-bond acceptors (Lipinski definition) is 3. The lowest BCUT2D eigenvalue weighted by Crippen LogP contribution is -2.39. The fourth-order valence-corrected chi connectivity index (χ4v) is 4.33. The molecule has 1 aromatic rings. The molecule has 2 unspecified atom stereocenters. The van der Waals surface area contributed by atoms with E-state index in [1.54, 1.807) is 11.3 Å². The Labute approximate surface area is 131 Å². The van der Waals surface area contributed by atoms with Crippen molar-refractivity contribution in [3.8, 4) is 0 Å². The van der Waals surface area contributed by atoms with Crippen molar-refractivity contribution in [2.75, 3.05) is 13.1 Å². The van der Waals surface area contributed by atoms with E-state index in [2.05, 4.69) is 29.4 Å². The Morgan fingerprint density at radius 3 is 3.10 bits per heavy atom. The monoisotopic (exact) mass is 304 g/mol. The minimum Gasteiger partial charge on any atom is -0.342 e. The van der Waals surface area contributed by atoms with Crippen molar-refractivity contribution in [3.05, 3.63) is 28.2 Å². The number of allylic oxidation sites excluding steroid dienone is 2. The van der Waals surface area contributed by atoms with Crippen LogP contribution < -0.4 is 0 Å². The van der Waals surface area contributed by atoms with Gasteiger partial charge in [-0.3, -0.25) is 4.79 Å². The molecule has 0 bridgehead atoms. The molecular weight excluding hydrogens is 280 g/mol. The van der Waals surface area contributed by atoms with Gasteiger partial charge in [-0.05, 0) is 38.0 Å². The molecule has 21 heavy (non-hydrogen) atoms. The van der Waals surface area contributed by atoms with Crippen LogP contribution in [0.15, 0.2) is 17.5 Å². The Balaban J connectivity index is 1.59. The Hall–Kier alpha value is -1.16. The number of carbonyl (C=O) groups is 1. The van der Waals surface area contributed by atoms with Crippen LogP contribution in [0.25, 0.3) is 0 Å². The number of thiazole rings is 1. The van der Waals surface area contributed by atoms with Crippen LogP contribution in [0, 0.1) is 5.92 Å². The normalized spacial score (nSPS) is 25.5. The van der Waals surface area contributed by atoms with E-state index < -0.39 is 0 Å². The number of amides is 1. The second-order valence-electron chi connectivity index (χ2n) is 6.18. The lowest BCUT2D eigenvalue weighted by atomic mass is 9.97. The first-order valence-electron chi connectivity index (χ1n) is 8.15. The van der Waals surface area contributed by atoms with Gasteiger partial charge >= 0.3 is 0 Å². The molecule has 3 rings (SSSR count). The van der Waals surface area contributed by atoms with Crippen molar-refractivity contribution in [1.29, 1.82) is 0 Å². The van der Waals surface area contributed by atoms with Crippen LogP contribution >= 0.6 is 11.3 Å². The van der Waals surface area contributed by atoms with Crippen LogP contribution in [-0.2, 0) is 11.2 Å². The molecule has 0 N–H and O–H groups in total. The summed E-state index contributed by atoms with van der Waals surface area (Å²) in [5.41, 5.74) is 1.19. The topological polar surface area (TPSA) is 33.2 Å². The summed E-state index contributed by atoms with van der Waals surface area (Å²) < 4.78 is 0. The molecule has 2 atom stereocenters. The number of rotatable bonds is 4. The summed E-state index contributed by atoms with van der Waals surface area (Å²) in [6.45, 7) is 3.94. The minimum absolute atomic E-state index is 0.337. The van der Waals surface area contributed by atoms with Crippen molar-refractivity contribution >= 4 is 17.2 Å². The fraction of sp³-hybridized carbons (Fsp3) is 0.647. The Kier molecular flexibility index (Phi) is 4.73. The van der Waals surface area contributed by atoms with Crippen LogP contribution in [0.1, 0.15) is 55.6 Å². The quantitative estimate of drug-likeness (QED) is 0.793. The van der Waals surface area contributed by atoms with Crippen LogP contribution in [0.5, 0.6) is 0 Å². The molecular formula is C17H24N2OS. The maximum absolute atomic E-state index is 12.5. The maximum atomic E-state index is 12.5. The third-order valence-corrected chi connectivity index (χ3v) is 5.66. The minimum atomic E-state index is 0.337. The maximum Gasteiger partial charge on any atom is 0.223 e. The van der Waals surface area contributed by atoms with Gasteiger partial charge in [0.05, 0.1) is 10.7 Å². The van der Waals surface area contributed by atoms with E-state index in [0.717, 1.165) is 38.8 Å². The molecule has 3 nitrogen and oxygen atoms in total. The Morgan fingerprint density at radius 1 is 1.48 bits per heavy atom. The first kappa shape index (κ1) is 14.8. The van der Waals surface area contributed by atoms with E-state index in [1.165, 1.54) is 17.1 Å². The van der Waals surface area contributed by atoms with E-state index >= 15 is 0 Å². The third-order valence-electron chi connectivity index (χ3n) is 4.60. The van der Waals surface area contributed by atoms with Crippen molar-refractivity contribution in [1.82, 2.24) is 9.88 Å². The smallest absolute Gasteiger partial charge is 0.223 e. The molecule has 1 fully saturated rings. The second kappa shape index (κ2) is 6.73. The molecule has 4 heteroatoms. The predicted octanol–water partition coefficient (Wildman–Crippen LogP) is 3.77. The SMILES string of the molecule is CCc1csc(C2CCCN(C(=O)CC3C=CCC3)C2)n1. The van der Waals surface area contributed by atoms with Crippen molar-refractivity contribution in [2.45, 2.75) is 51.4 Å². The Morgan fingerprint density at radius 2 is 2.38 bits per heavy atom. The van der Waals surface area contributed by atoms with E-state index in [0.29, 0.717) is 24.2 Å². The summed E-state index contributed by atoms with van der Waals surface area (Å²) in [4.78, 5) is 19.3. The van der Waals surface area contributed by atoms with Gasteiger partial charge in [0, 0.05) is 30.8 Å². The second-order valence-corrected chi connectivity index (χ2v) is 7.07. The lowest BCUT2D eigenvalue weighted by molar-refractivity contribution is -0.133. The van der Waals surface area contributed by atoms with Gasteiger partial charge < -0.3 is 4.90 Å². The highest BCUT2D eigenvalue weighted by Gasteiger charge is 2.27. The first-order chi connectivity index (χ1) is 10.3. The van der Waals surface area contributed by atoms with Gasteiger partial charge in [0.2, 0.25) is 5.91 Å². The van der Waals surface area contributed by atoms with E-state index in [1.807, 2.05) is 0 Å². The Bertz CT molecular complexity index is 523. The zero-order valence-electron chi connectivity index (χ0n) is 12.8. The molecule has 1 aliphatic carbocycles. The molecule has 0 radical (unpaired) electrons. The zero-order chi connectivity index (χ0) is 14.7. The summed E-state index contributed by atoms with van der Waals surface area (Å²) in [5.74, 6) is 1.26. The molecule has 2 aliphatic rings. The number of nitrogens with zero attached hydrogens (tertiary/aromatic N) is 2. The summed E-state index contributed by atoms with van der Waals surface area (Å²) in [6, 6.07) is 0. The van der Waals surface area contributed by atoms with E-state index in [4.69, 9.17) is 4.98 Å². The molecule has 0 saturated carbocycles. The molecule has 0 spiro atoms. The molecule has 0 aromatic carbocycles. The van der Waals surface area contributed by atoms with Crippen molar-refractivity contribution in [3.63, 3.8) is 0 Å². The molecule has 1 amide bonds. The van der Waals surface area contributed by atoms with Gasteiger partial charge in [-0.2, -0.15) is 0 Å². The molecule has 114 valence electrons. The zero-order valence-corrected chi connectivity index (χ0v) is 13.6. The van der Waals surface area contributed by atoms with Crippen molar-refractivity contribution in [2.24, 2.45) is 5.92 Å². The predicted molar refractivity (Wildman–Crippen MR) is 86.5 cm³/mol. The highest BCUT2D eigenvalue weighted by atomic mass is 32.1. The van der Waals surface area contributed by atoms with Crippen LogP contribution in [0.3, 0.4) is 0 Å². The summed E-state index contributed by atoms with van der Waals surface area (Å²) in [5, 5.41) is 3.39. The van der Waals surface area contributed by atoms with Crippen LogP contribution in [0.4, 0.5) is 0 Å². The van der Waals surface area contributed by atoms with Gasteiger partial charge in [0.1, 0.15) is 0 Å². The van der Waals surface area contributed by atoms with Gasteiger partial charge in [-0.1, -0.05) is 19.1 Å². The van der Waals surface area contributed by atoms with E-state index in [9.17, 15) is 4.79 Å². The number of piperidine rings is 1. The number of hydrogen-bond donors (Lipinski definition) is 0. The summed E-state index contributed by atoms with van der Waals surface area (Å²) >= 11 is 1.77. The first-order valence-corrected chi connectivity index (χ1v) is 9.03. The number of aromatic nitrogens is 1. The third kappa shape index (κ3) is 3.54. The van der Waals surface area contributed by atoms with Gasteiger partial charge in [-0.25, -0.2) is 4.98 Å². The number of aryl methyl sites for hydroxylation is 1. The van der Waals surface area contributed by atoms with Gasteiger partial charge in [0.15, 0.2) is 0 Å². The number of likely N-dealkylation sites (tertiary alicyclic amines) is 1. The largest absolute Gasteiger partial charge is 0.342 e.